The maximum atomic E-state index is 3.44. The Kier molecular flexibility index (Phi) is 4.21. The number of nitrogens with one attached hydrogen (secondary N) is 1. The molecule has 0 radical (unpaired) electrons. The summed E-state index contributed by atoms with van der Waals surface area (Å²) in [5.41, 5.74) is 5.16. The summed E-state index contributed by atoms with van der Waals surface area (Å²) in [6.45, 7) is 8.51. The van der Waals surface area contributed by atoms with E-state index < -0.39 is 0 Å². The molecular formula is C16H22N2. The second-order valence-corrected chi connectivity index (χ2v) is 4.80. The molecular weight excluding hydrogens is 220 g/mol. The Labute approximate surface area is 110 Å². The summed E-state index contributed by atoms with van der Waals surface area (Å²) in [6.07, 6.45) is 1.18. The van der Waals surface area contributed by atoms with E-state index in [0.717, 1.165) is 13.1 Å². The maximum absolute atomic E-state index is 3.44. The zero-order valence-electron chi connectivity index (χ0n) is 11.5. The first-order chi connectivity index (χ1) is 8.72. The summed E-state index contributed by atoms with van der Waals surface area (Å²) >= 11 is 0. The van der Waals surface area contributed by atoms with Crippen LogP contribution in [-0.4, -0.2) is 11.1 Å². The molecule has 2 aromatic rings. The molecule has 0 atom stereocenters. The van der Waals surface area contributed by atoms with E-state index in [0.29, 0.717) is 0 Å². The highest BCUT2D eigenvalue weighted by Crippen LogP contribution is 2.17. The molecule has 1 aromatic heterocycles. The summed E-state index contributed by atoms with van der Waals surface area (Å²) in [5, 5.41) is 3.44. The predicted molar refractivity (Wildman–Crippen MR) is 77.2 cm³/mol. The van der Waals surface area contributed by atoms with Crippen molar-refractivity contribution in [3.05, 3.63) is 53.3 Å². The lowest BCUT2D eigenvalue weighted by Gasteiger charge is -2.11. The SMILES string of the molecule is CCCNCc1cccc(-n2c(C)ccc2C)c1. The Morgan fingerprint density at radius 1 is 1.06 bits per heavy atom. The fraction of sp³-hybridized carbons (Fsp3) is 0.375. The molecule has 1 aromatic carbocycles. The molecule has 18 heavy (non-hydrogen) atoms. The zero-order chi connectivity index (χ0) is 13.0. The van der Waals surface area contributed by atoms with E-state index in [2.05, 4.69) is 67.1 Å². The standard InChI is InChI=1S/C16H22N2/c1-4-10-17-12-15-6-5-7-16(11-15)18-13(2)8-9-14(18)3/h5-9,11,17H,4,10,12H2,1-3H3. The van der Waals surface area contributed by atoms with Crippen molar-refractivity contribution < 1.29 is 0 Å². The molecule has 1 N–H and O–H groups in total. The third kappa shape index (κ3) is 2.82. The lowest BCUT2D eigenvalue weighted by atomic mass is 10.2. The smallest absolute Gasteiger partial charge is 0.0458 e. The molecule has 0 fully saturated rings. The Hall–Kier alpha value is -1.54. The molecule has 96 valence electrons. The van der Waals surface area contributed by atoms with Gasteiger partial charge in [0.25, 0.3) is 0 Å². The highest BCUT2D eigenvalue weighted by molar-refractivity contribution is 5.40. The number of hydrogen-bond acceptors (Lipinski definition) is 1. The van der Waals surface area contributed by atoms with Gasteiger partial charge in [0.1, 0.15) is 0 Å². The van der Waals surface area contributed by atoms with Crippen molar-refractivity contribution in [1.29, 1.82) is 0 Å². The van der Waals surface area contributed by atoms with Crippen molar-refractivity contribution in [2.24, 2.45) is 0 Å². The zero-order valence-corrected chi connectivity index (χ0v) is 11.5. The first kappa shape index (κ1) is 12.9. The highest BCUT2D eigenvalue weighted by Gasteiger charge is 2.04. The molecule has 0 spiro atoms. The summed E-state index contributed by atoms with van der Waals surface area (Å²) in [7, 11) is 0. The van der Waals surface area contributed by atoms with Crippen LogP contribution in [0.2, 0.25) is 0 Å². The van der Waals surface area contributed by atoms with E-state index in [1.165, 1.54) is 29.1 Å². The number of nitrogens with zero attached hydrogens (tertiary/aromatic N) is 1. The summed E-state index contributed by atoms with van der Waals surface area (Å²) in [5.74, 6) is 0. The summed E-state index contributed by atoms with van der Waals surface area (Å²) < 4.78 is 2.29. The molecule has 2 heteroatoms. The Morgan fingerprint density at radius 3 is 2.44 bits per heavy atom. The van der Waals surface area contributed by atoms with Crippen LogP contribution >= 0.6 is 0 Å². The van der Waals surface area contributed by atoms with Crippen LogP contribution in [0, 0.1) is 13.8 Å². The van der Waals surface area contributed by atoms with E-state index in [9.17, 15) is 0 Å². The van der Waals surface area contributed by atoms with Gasteiger partial charge in [-0.3, -0.25) is 0 Å². The Balaban J connectivity index is 2.22. The monoisotopic (exact) mass is 242 g/mol. The molecule has 0 aliphatic carbocycles. The molecule has 0 saturated heterocycles. The third-order valence-electron chi connectivity index (χ3n) is 3.20. The Morgan fingerprint density at radius 2 is 1.78 bits per heavy atom. The van der Waals surface area contributed by atoms with Gasteiger partial charge in [0.05, 0.1) is 0 Å². The van der Waals surface area contributed by atoms with Crippen molar-refractivity contribution in [3.8, 4) is 5.69 Å². The van der Waals surface area contributed by atoms with Crippen molar-refractivity contribution in [1.82, 2.24) is 9.88 Å². The fourth-order valence-corrected chi connectivity index (χ4v) is 2.29. The molecule has 0 amide bonds. The quantitative estimate of drug-likeness (QED) is 0.793. The lowest BCUT2D eigenvalue weighted by Crippen LogP contribution is -2.14. The number of aryl methyl sites for hydroxylation is 2. The van der Waals surface area contributed by atoms with E-state index in [1.54, 1.807) is 0 Å². The van der Waals surface area contributed by atoms with Crippen LogP contribution in [0.4, 0.5) is 0 Å². The van der Waals surface area contributed by atoms with Gasteiger partial charge in [-0.1, -0.05) is 19.1 Å². The molecule has 0 saturated carbocycles. The predicted octanol–water partition coefficient (Wildman–Crippen LogP) is 3.59. The molecule has 0 aliphatic rings. The molecule has 0 bridgehead atoms. The molecule has 1 heterocycles. The number of hydrogen-bond donors (Lipinski definition) is 1. The van der Waals surface area contributed by atoms with Crippen molar-refractivity contribution in [2.45, 2.75) is 33.7 Å². The minimum atomic E-state index is 0.945. The largest absolute Gasteiger partial charge is 0.319 e. The minimum absolute atomic E-state index is 0.945. The van der Waals surface area contributed by atoms with E-state index in [4.69, 9.17) is 0 Å². The molecule has 2 nitrogen and oxygen atoms in total. The van der Waals surface area contributed by atoms with Crippen molar-refractivity contribution in [3.63, 3.8) is 0 Å². The maximum Gasteiger partial charge on any atom is 0.0458 e. The van der Waals surface area contributed by atoms with Gasteiger partial charge in [-0.25, -0.2) is 0 Å². The first-order valence-corrected chi connectivity index (χ1v) is 6.67. The van der Waals surface area contributed by atoms with Crippen LogP contribution in [0.3, 0.4) is 0 Å². The average Bonchev–Trinajstić information content (AvgIpc) is 2.70. The summed E-state index contributed by atoms with van der Waals surface area (Å²) in [4.78, 5) is 0. The van der Waals surface area contributed by atoms with Gasteiger partial charge in [0.2, 0.25) is 0 Å². The van der Waals surface area contributed by atoms with Gasteiger partial charge < -0.3 is 9.88 Å². The lowest BCUT2D eigenvalue weighted by molar-refractivity contribution is 0.675. The van der Waals surface area contributed by atoms with Gasteiger partial charge in [0, 0.05) is 23.6 Å². The van der Waals surface area contributed by atoms with Crippen LogP contribution < -0.4 is 5.32 Å². The van der Waals surface area contributed by atoms with E-state index >= 15 is 0 Å². The number of aromatic nitrogens is 1. The summed E-state index contributed by atoms with van der Waals surface area (Å²) in [6, 6.07) is 13.1. The fourth-order valence-electron chi connectivity index (χ4n) is 2.29. The topological polar surface area (TPSA) is 17.0 Å². The minimum Gasteiger partial charge on any atom is -0.319 e. The van der Waals surface area contributed by atoms with Gasteiger partial charge >= 0.3 is 0 Å². The number of benzene rings is 1. The highest BCUT2D eigenvalue weighted by atomic mass is 15.0. The normalized spacial score (nSPS) is 10.8. The average molecular weight is 242 g/mol. The van der Waals surface area contributed by atoms with Crippen LogP contribution in [0.25, 0.3) is 5.69 Å². The Bertz CT molecular complexity index is 492. The van der Waals surface area contributed by atoms with Gasteiger partial charge in [-0.05, 0) is 56.6 Å². The van der Waals surface area contributed by atoms with E-state index in [-0.39, 0.29) is 0 Å². The van der Waals surface area contributed by atoms with Gasteiger partial charge in [-0.15, -0.1) is 0 Å². The third-order valence-corrected chi connectivity index (χ3v) is 3.20. The van der Waals surface area contributed by atoms with E-state index in [1.807, 2.05) is 0 Å². The van der Waals surface area contributed by atoms with Crippen LogP contribution in [0.5, 0.6) is 0 Å². The van der Waals surface area contributed by atoms with Crippen LogP contribution in [-0.2, 0) is 6.54 Å². The molecule has 0 unspecified atom stereocenters. The van der Waals surface area contributed by atoms with Crippen LogP contribution in [0.15, 0.2) is 36.4 Å². The van der Waals surface area contributed by atoms with Gasteiger partial charge in [-0.2, -0.15) is 0 Å². The van der Waals surface area contributed by atoms with Gasteiger partial charge in [0.15, 0.2) is 0 Å². The second-order valence-electron chi connectivity index (χ2n) is 4.80. The van der Waals surface area contributed by atoms with Crippen molar-refractivity contribution >= 4 is 0 Å². The molecule has 0 aliphatic heterocycles. The molecule has 2 rings (SSSR count). The van der Waals surface area contributed by atoms with Crippen molar-refractivity contribution in [2.75, 3.05) is 6.54 Å². The second kappa shape index (κ2) is 5.87. The number of rotatable bonds is 5. The first-order valence-electron chi connectivity index (χ1n) is 6.67. The van der Waals surface area contributed by atoms with Crippen LogP contribution in [0.1, 0.15) is 30.3 Å².